The van der Waals surface area contributed by atoms with Gasteiger partial charge in [-0.15, -0.1) is 0 Å². The van der Waals surface area contributed by atoms with Crippen molar-refractivity contribution in [1.82, 2.24) is 15.5 Å². The molecule has 1 fully saturated rings. The third kappa shape index (κ3) is 5.91. The fourth-order valence-electron chi connectivity index (χ4n) is 2.44. The van der Waals surface area contributed by atoms with Crippen LogP contribution < -0.4 is 10.6 Å². The number of nitrogens with one attached hydrogen (secondary N) is 2. The Bertz CT molecular complexity index is 285. The molecule has 4 nitrogen and oxygen atoms in total. The van der Waals surface area contributed by atoms with E-state index in [-0.39, 0.29) is 17.5 Å². The number of carbonyl (C=O) groups is 1. The molecule has 0 bridgehead atoms. The lowest BCUT2D eigenvalue weighted by Gasteiger charge is -2.29. The lowest BCUT2D eigenvalue weighted by Crippen LogP contribution is -2.53. The highest BCUT2D eigenvalue weighted by molar-refractivity contribution is 5.82. The molecule has 1 heterocycles. The van der Waals surface area contributed by atoms with Gasteiger partial charge in [-0.1, -0.05) is 6.92 Å². The van der Waals surface area contributed by atoms with Crippen molar-refractivity contribution in [2.45, 2.75) is 71.5 Å². The smallest absolute Gasteiger partial charge is 0.237 e. The van der Waals surface area contributed by atoms with E-state index in [1.807, 2.05) is 6.92 Å². The van der Waals surface area contributed by atoms with Crippen molar-refractivity contribution in [3.63, 3.8) is 0 Å². The summed E-state index contributed by atoms with van der Waals surface area (Å²) in [7, 11) is 0. The van der Waals surface area contributed by atoms with E-state index in [4.69, 9.17) is 0 Å². The Morgan fingerprint density at radius 1 is 1.26 bits per heavy atom. The summed E-state index contributed by atoms with van der Waals surface area (Å²) in [6.07, 6.45) is 3.57. The summed E-state index contributed by atoms with van der Waals surface area (Å²) in [5, 5.41) is 6.49. The minimum absolute atomic E-state index is 0.0973. The third-order valence-corrected chi connectivity index (χ3v) is 4.00. The van der Waals surface area contributed by atoms with Crippen molar-refractivity contribution in [2.24, 2.45) is 0 Å². The average Bonchev–Trinajstić information content (AvgIpc) is 2.81. The van der Waals surface area contributed by atoms with E-state index in [2.05, 4.69) is 43.2 Å². The molecular formula is C15H31N3O. The Balaban J connectivity index is 2.32. The zero-order chi connectivity index (χ0) is 14.5. The minimum atomic E-state index is -0.136. The van der Waals surface area contributed by atoms with Gasteiger partial charge in [0.25, 0.3) is 0 Å². The maximum Gasteiger partial charge on any atom is 0.237 e. The number of nitrogens with zero attached hydrogens (tertiary/aromatic N) is 1. The van der Waals surface area contributed by atoms with Crippen LogP contribution in [0, 0.1) is 0 Å². The van der Waals surface area contributed by atoms with Gasteiger partial charge in [0.15, 0.2) is 0 Å². The number of hydrogen-bond acceptors (Lipinski definition) is 3. The van der Waals surface area contributed by atoms with Gasteiger partial charge in [0.2, 0.25) is 5.91 Å². The number of hydrogen-bond donors (Lipinski definition) is 2. The minimum Gasteiger partial charge on any atom is -0.350 e. The molecule has 0 aliphatic carbocycles. The van der Waals surface area contributed by atoms with Crippen LogP contribution in [-0.2, 0) is 4.79 Å². The van der Waals surface area contributed by atoms with Crippen molar-refractivity contribution in [3.05, 3.63) is 0 Å². The van der Waals surface area contributed by atoms with E-state index >= 15 is 0 Å². The summed E-state index contributed by atoms with van der Waals surface area (Å²) in [4.78, 5) is 14.6. The van der Waals surface area contributed by atoms with Crippen molar-refractivity contribution in [3.8, 4) is 0 Å². The summed E-state index contributed by atoms with van der Waals surface area (Å²) >= 11 is 0. The summed E-state index contributed by atoms with van der Waals surface area (Å²) in [5.74, 6) is 0.0973. The molecule has 1 aliphatic rings. The molecule has 112 valence electrons. The lowest BCUT2D eigenvalue weighted by molar-refractivity contribution is -0.124. The molecule has 0 aromatic heterocycles. The third-order valence-electron chi connectivity index (χ3n) is 4.00. The lowest BCUT2D eigenvalue weighted by atomic mass is 10.0. The van der Waals surface area contributed by atoms with Gasteiger partial charge in [-0.2, -0.15) is 0 Å². The standard InChI is InChI=1S/C15H31N3O/c1-6-15(4,5)17-14(19)13(3)16-12(2)11-18-9-7-8-10-18/h12-13,16H,6-11H2,1-5H3,(H,17,19). The second kappa shape index (κ2) is 7.25. The molecule has 1 rings (SSSR count). The maximum absolute atomic E-state index is 12.1. The first-order valence-electron chi connectivity index (χ1n) is 7.64. The first-order chi connectivity index (χ1) is 8.84. The van der Waals surface area contributed by atoms with Crippen molar-refractivity contribution in [1.29, 1.82) is 0 Å². The number of amides is 1. The Labute approximate surface area is 118 Å². The molecule has 0 radical (unpaired) electrons. The molecule has 1 aliphatic heterocycles. The van der Waals surface area contributed by atoms with Gasteiger partial charge in [0.05, 0.1) is 6.04 Å². The predicted molar refractivity (Wildman–Crippen MR) is 80.2 cm³/mol. The van der Waals surface area contributed by atoms with Gasteiger partial charge >= 0.3 is 0 Å². The van der Waals surface area contributed by atoms with E-state index in [1.165, 1.54) is 25.9 Å². The highest BCUT2D eigenvalue weighted by Gasteiger charge is 2.23. The Hall–Kier alpha value is -0.610. The summed E-state index contributed by atoms with van der Waals surface area (Å²) < 4.78 is 0. The number of rotatable bonds is 7. The molecule has 19 heavy (non-hydrogen) atoms. The zero-order valence-electron chi connectivity index (χ0n) is 13.3. The summed E-state index contributed by atoms with van der Waals surface area (Å²) in [6.45, 7) is 13.8. The molecule has 1 amide bonds. The molecule has 2 N–H and O–H groups in total. The second-order valence-electron chi connectivity index (χ2n) is 6.52. The Morgan fingerprint density at radius 2 is 1.84 bits per heavy atom. The molecule has 1 saturated heterocycles. The Morgan fingerprint density at radius 3 is 2.37 bits per heavy atom. The average molecular weight is 269 g/mol. The molecule has 2 atom stereocenters. The second-order valence-corrected chi connectivity index (χ2v) is 6.52. The summed E-state index contributed by atoms with van der Waals surface area (Å²) in [5.41, 5.74) is -0.120. The highest BCUT2D eigenvalue weighted by Crippen LogP contribution is 2.09. The van der Waals surface area contributed by atoms with Crippen LogP contribution >= 0.6 is 0 Å². The molecule has 0 aromatic carbocycles. The van der Waals surface area contributed by atoms with Crippen LogP contribution in [0.5, 0.6) is 0 Å². The largest absolute Gasteiger partial charge is 0.350 e. The Kier molecular flexibility index (Phi) is 6.27. The summed E-state index contributed by atoms with van der Waals surface area (Å²) in [6, 6.07) is 0.215. The van der Waals surface area contributed by atoms with Gasteiger partial charge in [0.1, 0.15) is 0 Å². The van der Waals surface area contributed by atoms with Crippen molar-refractivity contribution < 1.29 is 4.79 Å². The molecule has 4 heteroatoms. The van der Waals surface area contributed by atoms with Crippen LogP contribution in [0.15, 0.2) is 0 Å². The van der Waals surface area contributed by atoms with Crippen LogP contribution in [0.3, 0.4) is 0 Å². The molecule has 0 spiro atoms. The predicted octanol–water partition coefficient (Wildman–Crippen LogP) is 1.75. The van der Waals surface area contributed by atoms with Crippen LogP contribution in [0.4, 0.5) is 0 Å². The molecule has 2 unspecified atom stereocenters. The van der Waals surface area contributed by atoms with Crippen LogP contribution in [0.25, 0.3) is 0 Å². The number of likely N-dealkylation sites (tertiary alicyclic amines) is 1. The van der Waals surface area contributed by atoms with Crippen LogP contribution in [0.1, 0.15) is 53.9 Å². The fraction of sp³-hybridized carbons (Fsp3) is 0.933. The van der Waals surface area contributed by atoms with Gasteiger partial charge in [-0.05, 0) is 60.0 Å². The van der Waals surface area contributed by atoms with E-state index in [0.717, 1.165) is 13.0 Å². The zero-order valence-corrected chi connectivity index (χ0v) is 13.3. The van der Waals surface area contributed by atoms with Crippen LogP contribution in [-0.4, -0.2) is 48.1 Å². The van der Waals surface area contributed by atoms with Crippen LogP contribution in [0.2, 0.25) is 0 Å². The quantitative estimate of drug-likeness (QED) is 0.740. The van der Waals surface area contributed by atoms with Crippen molar-refractivity contribution >= 4 is 5.91 Å². The van der Waals surface area contributed by atoms with E-state index in [1.54, 1.807) is 0 Å². The van der Waals surface area contributed by atoms with E-state index in [0.29, 0.717) is 6.04 Å². The van der Waals surface area contributed by atoms with Gasteiger partial charge in [-0.3, -0.25) is 4.79 Å². The van der Waals surface area contributed by atoms with E-state index in [9.17, 15) is 4.79 Å². The highest BCUT2D eigenvalue weighted by atomic mass is 16.2. The fourth-order valence-corrected chi connectivity index (χ4v) is 2.44. The molecule has 0 saturated carbocycles. The maximum atomic E-state index is 12.1. The van der Waals surface area contributed by atoms with Crippen molar-refractivity contribution in [2.75, 3.05) is 19.6 Å². The van der Waals surface area contributed by atoms with Gasteiger partial charge in [-0.25, -0.2) is 0 Å². The molecular weight excluding hydrogens is 238 g/mol. The number of carbonyl (C=O) groups excluding carboxylic acids is 1. The SMILES string of the molecule is CCC(C)(C)NC(=O)C(C)NC(C)CN1CCCC1. The first kappa shape index (κ1) is 16.4. The van der Waals surface area contributed by atoms with Gasteiger partial charge in [0, 0.05) is 18.1 Å². The van der Waals surface area contributed by atoms with E-state index < -0.39 is 0 Å². The monoisotopic (exact) mass is 269 g/mol. The normalized spacial score (nSPS) is 20.3. The first-order valence-corrected chi connectivity index (χ1v) is 7.64. The molecule has 0 aromatic rings. The van der Waals surface area contributed by atoms with Gasteiger partial charge < -0.3 is 15.5 Å². The topological polar surface area (TPSA) is 44.4 Å².